The average molecular weight is 1060 g/mol. The number of rotatable bonds is 15. The Bertz CT molecular complexity index is 3060. The molecule has 6 aliphatic rings. The van der Waals surface area contributed by atoms with Gasteiger partial charge in [0.1, 0.15) is 18.2 Å². The van der Waals surface area contributed by atoms with Crippen molar-refractivity contribution in [1.29, 1.82) is 0 Å². The number of nitrogens with one attached hydrogen (secondary N) is 2. The number of aryl methyl sites for hydroxylation is 1. The van der Waals surface area contributed by atoms with Crippen LogP contribution in [0.3, 0.4) is 0 Å². The Morgan fingerprint density at radius 1 is 0.934 bits per heavy atom. The molecule has 2 atom stereocenters. The molecule has 4 aliphatic heterocycles. The van der Waals surface area contributed by atoms with Crippen LogP contribution in [0.4, 0.5) is 19.4 Å². The smallest absolute Gasteiger partial charge is 0.329 e. The van der Waals surface area contributed by atoms with Gasteiger partial charge in [0.2, 0.25) is 17.7 Å². The third-order valence-electron chi connectivity index (χ3n) is 17.9. The van der Waals surface area contributed by atoms with Crippen molar-refractivity contribution in [2.75, 3.05) is 63.9 Å². The summed E-state index contributed by atoms with van der Waals surface area (Å²) in [5, 5.41) is 20.8. The maximum absolute atomic E-state index is 16.5. The van der Waals surface area contributed by atoms with E-state index in [9.17, 15) is 24.3 Å². The average Bonchev–Trinajstić information content (AvgIpc) is 4.11. The molecule has 0 bridgehead atoms. The number of likely N-dealkylation sites (tertiary alicyclic amines) is 2. The predicted molar refractivity (Wildman–Crippen MR) is 284 cm³/mol. The number of carbonyl (C=O) groups excluding carboxylic acids is 4. The number of piperidine rings is 2. The molecular weight excluding hydrogens is 994 g/mol. The van der Waals surface area contributed by atoms with E-state index in [1.165, 1.54) is 36.6 Å². The Morgan fingerprint density at radius 3 is 2.36 bits per heavy atom. The van der Waals surface area contributed by atoms with Crippen LogP contribution in [0.5, 0.6) is 11.5 Å². The largest absolute Gasteiger partial charge is 0.488 e. The third-order valence-corrected chi connectivity index (χ3v) is 18.3. The predicted octanol–water partition coefficient (Wildman–Crippen LogP) is 8.53. The summed E-state index contributed by atoms with van der Waals surface area (Å²) in [5.74, 6) is -1.78. The Morgan fingerprint density at radius 2 is 1.67 bits per heavy atom. The molecular formula is C58H67ClF2N8O7. The second-order valence-corrected chi connectivity index (χ2v) is 22.6. The highest BCUT2D eigenvalue weighted by Crippen LogP contribution is 2.58. The maximum Gasteiger partial charge on any atom is 0.329 e. The standard InChI is InChI=1S/C58H67ClF2N8O7/c1-34-48-46(31-43(60)51(59)50(48)49-42(53(62)72)14-15-45(52(49)61)75-29-28-70)76-58(34,39-6-4-3-5-7-39)32-63-40-11-8-36(9-12-40)55(73)68-25-18-38(19-26-68)57(21-22-57)33-67-23-16-35(17-24-67)37-10-13-41-44(30-37)66(2)65-54(41)69-27-20-47(71)64-56(69)74/h3-7,10,13-15,30-31,34-36,38,40,63,70H,8-9,11-12,16-29,32-33H2,1-2H3,(H2,62,72)(H,64,71,74)/t34-,36?,40?,58-/m0/s1. The van der Waals surface area contributed by atoms with Gasteiger partial charge in [-0.15, -0.1) is 0 Å². The van der Waals surface area contributed by atoms with E-state index in [0.717, 1.165) is 101 Å². The van der Waals surface area contributed by atoms with Crippen molar-refractivity contribution in [2.24, 2.45) is 30.0 Å². The lowest BCUT2D eigenvalue weighted by Crippen LogP contribution is -2.49. The van der Waals surface area contributed by atoms with Crippen molar-refractivity contribution in [2.45, 2.75) is 101 Å². The summed E-state index contributed by atoms with van der Waals surface area (Å²) in [4.78, 5) is 57.7. The molecule has 4 aromatic carbocycles. The van der Waals surface area contributed by atoms with Gasteiger partial charge in [-0.05, 0) is 130 Å². The first-order chi connectivity index (χ1) is 36.7. The lowest BCUT2D eigenvalue weighted by molar-refractivity contribution is -0.138. The number of primary amides is 1. The number of urea groups is 1. The fraction of sp³-hybridized carbons (Fsp3) is 0.500. The minimum absolute atomic E-state index is 0.0392. The summed E-state index contributed by atoms with van der Waals surface area (Å²) >= 11 is 6.74. The summed E-state index contributed by atoms with van der Waals surface area (Å²) in [6, 6.07) is 19.5. The molecule has 402 valence electrons. The van der Waals surface area contributed by atoms with Crippen LogP contribution in [0.15, 0.2) is 66.7 Å². The van der Waals surface area contributed by atoms with E-state index >= 15 is 8.78 Å². The zero-order chi connectivity index (χ0) is 53.0. The highest BCUT2D eigenvalue weighted by molar-refractivity contribution is 6.34. The van der Waals surface area contributed by atoms with Gasteiger partial charge < -0.3 is 35.4 Å². The van der Waals surface area contributed by atoms with Gasteiger partial charge in [-0.3, -0.25) is 29.3 Å². The molecule has 76 heavy (non-hydrogen) atoms. The molecule has 5 fully saturated rings. The fourth-order valence-corrected chi connectivity index (χ4v) is 13.8. The third kappa shape index (κ3) is 9.59. The van der Waals surface area contributed by atoms with Crippen LogP contribution in [-0.4, -0.2) is 114 Å². The van der Waals surface area contributed by atoms with Gasteiger partial charge in [0.25, 0.3) is 0 Å². The van der Waals surface area contributed by atoms with Crippen molar-refractivity contribution in [1.82, 2.24) is 30.2 Å². The van der Waals surface area contributed by atoms with E-state index in [-0.39, 0.29) is 76.6 Å². The Kier molecular flexibility index (Phi) is 14.4. The molecule has 1 aromatic heterocycles. The molecule has 3 saturated heterocycles. The van der Waals surface area contributed by atoms with E-state index in [0.29, 0.717) is 41.7 Å². The second kappa shape index (κ2) is 21.0. The summed E-state index contributed by atoms with van der Waals surface area (Å²) in [7, 11) is 1.90. The highest BCUT2D eigenvalue weighted by atomic mass is 35.5. The Hall–Kier alpha value is -6.14. The Labute approximate surface area is 446 Å². The number of fused-ring (bicyclic) bond motifs is 2. The van der Waals surface area contributed by atoms with E-state index in [4.69, 9.17) is 26.8 Å². The molecule has 11 rings (SSSR count). The summed E-state index contributed by atoms with van der Waals surface area (Å²) in [5.41, 5.74) is 7.98. The van der Waals surface area contributed by atoms with Crippen LogP contribution >= 0.6 is 11.6 Å². The summed E-state index contributed by atoms with van der Waals surface area (Å²) in [6.07, 6.45) is 10.1. The van der Waals surface area contributed by atoms with E-state index in [1.807, 2.05) is 49.0 Å². The van der Waals surface area contributed by atoms with Gasteiger partial charge >= 0.3 is 6.03 Å². The lowest BCUT2D eigenvalue weighted by Gasteiger charge is -2.41. The molecule has 2 saturated carbocycles. The molecule has 0 unspecified atom stereocenters. The minimum atomic E-state index is -1.10. The number of hydrogen-bond donors (Lipinski definition) is 4. The number of halogens is 3. The van der Waals surface area contributed by atoms with Crippen LogP contribution < -0.4 is 30.7 Å². The maximum atomic E-state index is 16.5. The van der Waals surface area contributed by atoms with Crippen LogP contribution in [0, 0.1) is 28.9 Å². The van der Waals surface area contributed by atoms with Gasteiger partial charge in [0.15, 0.2) is 23.0 Å². The number of aliphatic hydroxyl groups excluding tert-OH is 1. The number of anilines is 1. The summed E-state index contributed by atoms with van der Waals surface area (Å²) in [6.45, 7) is 6.80. The second-order valence-electron chi connectivity index (χ2n) is 22.2. The fourth-order valence-electron chi connectivity index (χ4n) is 13.5. The number of aliphatic hydroxyl groups is 1. The van der Waals surface area contributed by atoms with Crippen molar-refractivity contribution in [3.05, 3.63) is 106 Å². The SMILES string of the molecule is C[C@H]1c2c(cc(F)c(Cl)c2-c2c(C(N)=O)ccc(OCCO)c2F)O[C@]1(CNC1CCC(C(=O)N2CCC(C3(CN4CCC(c5ccc6c(N7CCC(=O)NC7=O)nn(C)c6c5)CC4)CC3)CC2)CC1)c1ccccc1. The normalized spacial score (nSPS) is 24.1. The quantitative estimate of drug-likeness (QED) is 0.0793. The molecule has 5 amide bonds. The topological polar surface area (TPSA) is 185 Å². The lowest BCUT2D eigenvalue weighted by atomic mass is 9.77. The number of aromatic nitrogens is 2. The van der Waals surface area contributed by atoms with E-state index in [1.54, 1.807) is 4.90 Å². The van der Waals surface area contributed by atoms with Gasteiger partial charge in [-0.2, -0.15) is 5.10 Å². The first kappa shape index (κ1) is 51.9. The monoisotopic (exact) mass is 1060 g/mol. The van der Waals surface area contributed by atoms with Crippen molar-refractivity contribution in [3.63, 3.8) is 0 Å². The van der Waals surface area contributed by atoms with Crippen molar-refractivity contribution >= 4 is 52.1 Å². The van der Waals surface area contributed by atoms with Gasteiger partial charge in [-0.1, -0.05) is 54.9 Å². The Balaban J connectivity index is 0.687. The van der Waals surface area contributed by atoms with E-state index in [2.05, 4.69) is 43.7 Å². The molecule has 5 aromatic rings. The first-order valence-corrected chi connectivity index (χ1v) is 27.5. The molecule has 5 heterocycles. The van der Waals surface area contributed by atoms with Crippen molar-refractivity contribution in [3.8, 4) is 22.6 Å². The molecule has 18 heteroatoms. The highest BCUT2D eigenvalue weighted by Gasteiger charge is 2.52. The van der Waals surface area contributed by atoms with Crippen molar-refractivity contribution < 1.29 is 42.5 Å². The van der Waals surface area contributed by atoms with E-state index < -0.39 is 35.1 Å². The number of imide groups is 1. The number of carbonyl (C=O) groups is 4. The van der Waals surface area contributed by atoms with Crippen LogP contribution in [0.25, 0.3) is 22.0 Å². The summed E-state index contributed by atoms with van der Waals surface area (Å²) < 4.78 is 46.6. The number of benzene rings is 4. The van der Waals surface area contributed by atoms with Gasteiger partial charge in [-0.25, -0.2) is 13.6 Å². The van der Waals surface area contributed by atoms with Crippen LogP contribution in [0.2, 0.25) is 5.02 Å². The van der Waals surface area contributed by atoms with Crippen LogP contribution in [-0.2, 0) is 22.2 Å². The number of hydrogen-bond acceptors (Lipinski definition) is 10. The van der Waals surface area contributed by atoms with Gasteiger partial charge in [0.05, 0.1) is 22.7 Å². The van der Waals surface area contributed by atoms with Crippen LogP contribution in [0.1, 0.15) is 116 Å². The number of nitrogens with two attached hydrogens (primary N) is 1. The van der Waals surface area contributed by atoms with Gasteiger partial charge in [0, 0.05) is 92.2 Å². The molecule has 5 N–H and O–H groups in total. The molecule has 2 aliphatic carbocycles. The molecule has 0 radical (unpaired) electrons. The molecule has 15 nitrogen and oxygen atoms in total. The number of nitrogens with zero attached hydrogens (tertiary/aromatic N) is 5. The first-order valence-electron chi connectivity index (χ1n) is 27.1. The number of ether oxygens (including phenoxy) is 2. The zero-order valence-electron chi connectivity index (χ0n) is 43.2. The number of amides is 5. The minimum Gasteiger partial charge on any atom is -0.488 e. The molecule has 0 spiro atoms. The zero-order valence-corrected chi connectivity index (χ0v) is 44.0.